The predicted octanol–water partition coefficient (Wildman–Crippen LogP) is 6.36. The van der Waals surface area contributed by atoms with Gasteiger partial charge in [-0.1, -0.05) is 72.8 Å². The molecule has 1 N–H and O–H groups in total. The van der Waals surface area contributed by atoms with E-state index in [2.05, 4.69) is 17.4 Å². The number of rotatable bonds is 4. The second-order valence-corrected chi connectivity index (χ2v) is 7.28. The van der Waals surface area contributed by atoms with Gasteiger partial charge in [0.1, 0.15) is 0 Å². The van der Waals surface area contributed by atoms with Crippen LogP contribution in [0.25, 0.3) is 0 Å². The van der Waals surface area contributed by atoms with Gasteiger partial charge in [-0.2, -0.15) is 0 Å². The van der Waals surface area contributed by atoms with Crippen LogP contribution in [0.15, 0.2) is 48.5 Å². The summed E-state index contributed by atoms with van der Waals surface area (Å²) in [5.41, 5.74) is 1.80. The molecule has 132 valence electrons. The molecule has 0 saturated heterocycles. The highest BCUT2D eigenvalue weighted by atomic mass is 35.5. The van der Waals surface area contributed by atoms with Crippen LogP contribution in [0.1, 0.15) is 37.7 Å². The number of benzene rings is 2. The Labute approximate surface area is 158 Å². The van der Waals surface area contributed by atoms with Crippen molar-refractivity contribution in [3.05, 3.63) is 64.1 Å². The van der Waals surface area contributed by atoms with Crippen LogP contribution in [0.3, 0.4) is 0 Å². The Kier molecular flexibility index (Phi) is 6.22. The molecule has 5 heteroatoms. The van der Waals surface area contributed by atoms with Gasteiger partial charge < -0.3 is 10.2 Å². The molecule has 1 aliphatic carbocycles. The molecule has 0 heterocycles. The van der Waals surface area contributed by atoms with Crippen LogP contribution in [-0.4, -0.2) is 17.0 Å². The van der Waals surface area contributed by atoms with Crippen LogP contribution in [0.4, 0.5) is 10.5 Å². The molecule has 0 aromatic heterocycles. The summed E-state index contributed by atoms with van der Waals surface area (Å²) in [5.74, 6) is 0. The van der Waals surface area contributed by atoms with Gasteiger partial charge in [-0.3, -0.25) is 0 Å². The van der Waals surface area contributed by atoms with E-state index in [0.29, 0.717) is 22.3 Å². The standard InChI is InChI=1S/C20H22Cl2N2O/c21-18-12-11-16(13-19(18)22)23-20(25)24(17-9-5-2-6-10-17)14-15-7-3-1-4-8-15/h1,3-4,7-8,11-13,17H,2,5-6,9-10,14H2,(H,23,25). The molecule has 0 radical (unpaired) electrons. The van der Waals surface area contributed by atoms with Gasteiger partial charge in [-0.25, -0.2) is 4.79 Å². The molecule has 1 aliphatic rings. The summed E-state index contributed by atoms with van der Waals surface area (Å²) in [7, 11) is 0. The summed E-state index contributed by atoms with van der Waals surface area (Å²) >= 11 is 12.0. The van der Waals surface area contributed by atoms with Gasteiger partial charge in [0, 0.05) is 18.3 Å². The van der Waals surface area contributed by atoms with Crippen LogP contribution in [0.2, 0.25) is 10.0 Å². The molecular weight excluding hydrogens is 355 g/mol. The monoisotopic (exact) mass is 376 g/mol. The number of anilines is 1. The highest BCUT2D eigenvalue weighted by Crippen LogP contribution is 2.27. The minimum atomic E-state index is -0.0888. The Hall–Kier alpha value is -1.71. The van der Waals surface area contributed by atoms with Gasteiger partial charge in [0.2, 0.25) is 0 Å². The van der Waals surface area contributed by atoms with Crippen LogP contribution in [0.5, 0.6) is 0 Å². The Balaban J connectivity index is 1.77. The van der Waals surface area contributed by atoms with Crippen molar-refractivity contribution in [1.29, 1.82) is 0 Å². The van der Waals surface area contributed by atoms with Crippen molar-refractivity contribution in [3.63, 3.8) is 0 Å². The quantitative estimate of drug-likeness (QED) is 0.661. The number of halogens is 2. The van der Waals surface area contributed by atoms with Crippen LogP contribution < -0.4 is 5.32 Å². The molecule has 1 saturated carbocycles. The molecule has 0 bridgehead atoms. The second kappa shape index (κ2) is 8.59. The van der Waals surface area contributed by atoms with Gasteiger partial charge in [0.15, 0.2) is 0 Å². The van der Waals surface area contributed by atoms with Gasteiger partial charge in [-0.15, -0.1) is 0 Å². The lowest BCUT2D eigenvalue weighted by Crippen LogP contribution is -2.43. The van der Waals surface area contributed by atoms with E-state index in [-0.39, 0.29) is 12.1 Å². The molecule has 0 spiro atoms. The Morgan fingerprint density at radius 3 is 2.40 bits per heavy atom. The van der Waals surface area contributed by atoms with Gasteiger partial charge >= 0.3 is 6.03 Å². The van der Waals surface area contributed by atoms with E-state index in [1.54, 1.807) is 18.2 Å². The molecule has 0 unspecified atom stereocenters. The number of hydrogen-bond donors (Lipinski definition) is 1. The zero-order valence-electron chi connectivity index (χ0n) is 14.1. The second-order valence-electron chi connectivity index (χ2n) is 6.46. The first kappa shape index (κ1) is 18.1. The van der Waals surface area contributed by atoms with Gasteiger partial charge in [0.05, 0.1) is 10.0 Å². The molecule has 25 heavy (non-hydrogen) atoms. The zero-order chi connectivity index (χ0) is 17.6. The van der Waals surface area contributed by atoms with E-state index in [9.17, 15) is 4.79 Å². The van der Waals surface area contributed by atoms with E-state index in [0.717, 1.165) is 18.4 Å². The number of carbonyl (C=O) groups is 1. The molecule has 3 rings (SSSR count). The Morgan fingerprint density at radius 2 is 1.72 bits per heavy atom. The van der Waals surface area contributed by atoms with Crippen molar-refractivity contribution in [2.75, 3.05) is 5.32 Å². The summed E-state index contributed by atoms with van der Waals surface area (Å²) in [6.45, 7) is 0.610. The van der Waals surface area contributed by atoms with E-state index in [1.165, 1.54) is 19.3 Å². The van der Waals surface area contributed by atoms with Crippen molar-refractivity contribution >= 4 is 34.9 Å². The minimum Gasteiger partial charge on any atom is -0.317 e. The highest BCUT2D eigenvalue weighted by Gasteiger charge is 2.25. The van der Waals surface area contributed by atoms with Crippen molar-refractivity contribution in [3.8, 4) is 0 Å². The predicted molar refractivity (Wildman–Crippen MR) is 104 cm³/mol. The van der Waals surface area contributed by atoms with Crippen molar-refractivity contribution < 1.29 is 4.79 Å². The number of urea groups is 1. The van der Waals surface area contributed by atoms with Gasteiger partial charge in [0.25, 0.3) is 0 Å². The third kappa shape index (κ3) is 4.90. The number of carbonyl (C=O) groups excluding carboxylic acids is 1. The maximum absolute atomic E-state index is 13.0. The molecule has 2 amide bonds. The first-order valence-electron chi connectivity index (χ1n) is 8.70. The molecule has 3 nitrogen and oxygen atoms in total. The average molecular weight is 377 g/mol. The van der Waals surface area contributed by atoms with E-state index in [1.807, 2.05) is 23.1 Å². The summed E-state index contributed by atoms with van der Waals surface area (Å²) in [5, 5.41) is 3.89. The van der Waals surface area contributed by atoms with Crippen LogP contribution in [-0.2, 0) is 6.54 Å². The van der Waals surface area contributed by atoms with E-state index >= 15 is 0 Å². The van der Waals surface area contributed by atoms with Crippen LogP contribution in [0, 0.1) is 0 Å². The fourth-order valence-electron chi connectivity index (χ4n) is 3.31. The minimum absolute atomic E-state index is 0.0888. The van der Waals surface area contributed by atoms with Crippen LogP contribution >= 0.6 is 23.2 Å². The topological polar surface area (TPSA) is 32.3 Å². The summed E-state index contributed by atoms with van der Waals surface area (Å²) < 4.78 is 0. The smallest absolute Gasteiger partial charge is 0.317 e. The average Bonchev–Trinajstić information content (AvgIpc) is 2.64. The molecule has 1 fully saturated rings. The van der Waals surface area contributed by atoms with Gasteiger partial charge in [-0.05, 0) is 36.6 Å². The SMILES string of the molecule is O=C(Nc1ccc(Cl)c(Cl)c1)N(Cc1ccccc1)C1CCCCC1. The fourth-order valence-corrected chi connectivity index (χ4v) is 3.61. The summed E-state index contributed by atoms with van der Waals surface area (Å²) in [4.78, 5) is 14.9. The Bertz CT molecular complexity index is 715. The molecule has 2 aromatic carbocycles. The lowest BCUT2D eigenvalue weighted by atomic mass is 9.94. The highest BCUT2D eigenvalue weighted by molar-refractivity contribution is 6.42. The normalized spacial score (nSPS) is 15.0. The zero-order valence-corrected chi connectivity index (χ0v) is 15.6. The number of hydrogen-bond acceptors (Lipinski definition) is 1. The first-order valence-corrected chi connectivity index (χ1v) is 9.45. The third-order valence-electron chi connectivity index (χ3n) is 4.64. The number of nitrogens with one attached hydrogen (secondary N) is 1. The number of amides is 2. The van der Waals surface area contributed by atoms with Crippen molar-refractivity contribution in [2.45, 2.75) is 44.7 Å². The van der Waals surface area contributed by atoms with E-state index < -0.39 is 0 Å². The molecule has 2 aromatic rings. The lowest BCUT2D eigenvalue weighted by molar-refractivity contribution is 0.163. The largest absolute Gasteiger partial charge is 0.322 e. The third-order valence-corrected chi connectivity index (χ3v) is 5.38. The van der Waals surface area contributed by atoms with Crippen molar-refractivity contribution in [1.82, 2.24) is 4.90 Å². The molecule has 0 atom stereocenters. The first-order chi connectivity index (χ1) is 12.1. The molecule has 0 aliphatic heterocycles. The summed E-state index contributed by atoms with van der Waals surface area (Å²) in [6.07, 6.45) is 5.72. The summed E-state index contributed by atoms with van der Waals surface area (Å²) in [6, 6.07) is 15.5. The maximum Gasteiger partial charge on any atom is 0.322 e. The molecular formula is C20H22Cl2N2O. The number of nitrogens with zero attached hydrogens (tertiary/aromatic N) is 1. The lowest BCUT2D eigenvalue weighted by Gasteiger charge is -2.34. The van der Waals surface area contributed by atoms with E-state index in [4.69, 9.17) is 23.2 Å². The fraction of sp³-hybridized carbons (Fsp3) is 0.350. The van der Waals surface area contributed by atoms with Crippen molar-refractivity contribution in [2.24, 2.45) is 0 Å². The Morgan fingerprint density at radius 1 is 1.00 bits per heavy atom. The maximum atomic E-state index is 13.0.